The molecular weight excluding hydrogens is 212 g/mol. The first-order valence-electron chi connectivity index (χ1n) is 6.10. The van der Waals surface area contributed by atoms with E-state index in [4.69, 9.17) is 4.74 Å². The molecule has 0 unspecified atom stereocenters. The van der Waals surface area contributed by atoms with Gasteiger partial charge in [-0.25, -0.2) is 4.79 Å². The normalized spacial score (nSPS) is 41.5. The van der Waals surface area contributed by atoms with Crippen LogP contribution >= 0.6 is 0 Å². The van der Waals surface area contributed by atoms with Crippen molar-refractivity contribution in [3.05, 3.63) is 46.8 Å². The summed E-state index contributed by atoms with van der Waals surface area (Å²) in [7, 11) is 0. The molecule has 2 fully saturated rings. The summed E-state index contributed by atoms with van der Waals surface area (Å²) in [4.78, 5) is 11.6. The topological polar surface area (TPSA) is 26.3 Å². The molecule has 4 aliphatic rings. The van der Waals surface area contributed by atoms with Gasteiger partial charge >= 0.3 is 5.97 Å². The van der Waals surface area contributed by atoms with Crippen LogP contribution in [0.25, 0.3) is 0 Å². The highest BCUT2D eigenvalue weighted by Gasteiger charge is 2.60. The van der Waals surface area contributed by atoms with Gasteiger partial charge in [0, 0.05) is 16.6 Å². The van der Waals surface area contributed by atoms with E-state index in [1.165, 1.54) is 17.6 Å². The lowest BCUT2D eigenvalue weighted by Crippen LogP contribution is -2.20. The minimum absolute atomic E-state index is 0.0471. The maximum Gasteiger partial charge on any atom is 0.339 e. The van der Waals surface area contributed by atoms with Crippen molar-refractivity contribution in [2.24, 2.45) is 17.3 Å². The van der Waals surface area contributed by atoms with E-state index in [0.717, 1.165) is 16.9 Å². The van der Waals surface area contributed by atoms with Gasteiger partial charge in [0.2, 0.25) is 0 Å². The van der Waals surface area contributed by atoms with Gasteiger partial charge in [0.15, 0.2) is 0 Å². The second kappa shape index (κ2) is 2.47. The Morgan fingerprint density at radius 2 is 2.29 bits per heavy atom. The Morgan fingerprint density at radius 1 is 1.53 bits per heavy atom. The van der Waals surface area contributed by atoms with Gasteiger partial charge in [-0.3, -0.25) is 0 Å². The van der Waals surface area contributed by atoms with Crippen LogP contribution in [0.5, 0.6) is 0 Å². The molecule has 3 atom stereocenters. The van der Waals surface area contributed by atoms with E-state index in [2.05, 4.69) is 25.7 Å². The van der Waals surface area contributed by atoms with Gasteiger partial charge < -0.3 is 4.74 Å². The summed E-state index contributed by atoms with van der Waals surface area (Å²) in [5.74, 6) is 1.90. The van der Waals surface area contributed by atoms with E-state index >= 15 is 0 Å². The Hall–Kier alpha value is -1.57. The number of carbonyl (C=O) groups excluding carboxylic acids is 1. The molecule has 0 bridgehead atoms. The fourth-order valence-electron chi connectivity index (χ4n) is 3.65. The van der Waals surface area contributed by atoms with E-state index in [1.54, 1.807) is 0 Å². The standard InChI is InChI=1S/C15H14O2/c1-7-9-4-12(9)15(3)6-13-10(5-11(7)15)8(2)14(16)17-13/h5-6,9,12H,1,4H2,2-3H3/t9-,12-,15-/m1/s1. The lowest BCUT2D eigenvalue weighted by atomic mass is 9.74. The third-order valence-electron chi connectivity index (χ3n) is 4.83. The molecule has 17 heavy (non-hydrogen) atoms. The van der Waals surface area contributed by atoms with Gasteiger partial charge in [0.1, 0.15) is 5.76 Å². The minimum atomic E-state index is -0.204. The largest absolute Gasteiger partial charge is 0.423 e. The maximum atomic E-state index is 11.6. The van der Waals surface area contributed by atoms with Crippen molar-refractivity contribution in [2.75, 3.05) is 0 Å². The van der Waals surface area contributed by atoms with Gasteiger partial charge in [0.25, 0.3) is 0 Å². The van der Waals surface area contributed by atoms with E-state index in [9.17, 15) is 4.79 Å². The molecule has 1 aliphatic heterocycles. The monoisotopic (exact) mass is 226 g/mol. The molecule has 4 rings (SSSR count). The zero-order valence-corrected chi connectivity index (χ0v) is 10.0. The molecule has 86 valence electrons. The van der Waals surface area contributed by atoms with Crippen molar-refractivity contribution >= 4 is 5.97 Å². The highest BCUT2D eigenvalue weighted by molar-refractivity contribution is 5.95. The fourth-order valence-corrected chi connectivity index (χ4v) is 3.65. The maximum absolute atomic E-state index is 11.6. The van der Waals surface area contributed by atoms with Crippen LogP contribution in [0.1, 0.15) is 20.3 Å². The van der Waals surface area contributed by atoms with E-state index in [1.807, 2.05) is 6.92 Å². The van der Waals surface area contributed by atoms with Crippen LogP contribution in [0, 0.1) is 17.3 Å². The van der Waals surface area contributed by atoms with Crippen LogP contribution in [-0.2, 0) is 9.53 Å². The van der Waals surface area contributed by atoms with Gasteiger partial charge in [-0.2, -0.15) is 0 Å². The predicted molar refractivity (Wildman–Crippen MR) is 63.8 cm³/mol. The Bertz CT molecular complexity index is 588. The Labute approximate surface area is 100 Å². The van der Waals surface area contributed by atoms with Gasteiger partial charge in [-0.1, -0.05) is 13.5 Å². The number of allylic oxidation sites excluding steroid dienone is 4. The lowest BCUT2D eigenvalue weighted by Gasteiger charge is -2.29. The van der Waals surface area contributed by atoms with Crippen molar-refractivity contribution in [1.82, 2.24) is 0 Å². The van der Waals surface area contributed by atoms with Crippen molar-refractivity contribution in [1.29, 1.82) is 0 Å². The van der Waals surface area contributed by atoms with Gasteiger partial charge in [0.05, 0.1) is 0 Å². The van der Waals surface area contributed by atoms with E-state index in [-0.39, 0.29) is 11.4 Å². The van der Waals surface area contributed by atoms with Crippen molar-refractivity contribution < 1.29 is 9.53 Å². The number of hydrogen-bond donors (Lipinski definition) is 0. The number of carbonyl (C=O) groups is 1. The van der Waals surface area contributed by atoms with Crippen molar-refractivity contribution in [3.63, 3.8) is 0 Å². The fraction of sp³-hybridized carbons (Fsp3) is 0.400. The third-order valence-corrected chi connectivity index (χ3v) is 4.83. The minimum Gasteiger partial charge on any atom is -0.423 e. The molecule has 2 nitrogen and oxygen atoms in total. The molecule has 0 aromatic heterocycles. The van der Waals surface area contributed by atoms with Crippen LogP contribution in [0.15, 0.2) is 46.8 Å². The Balaban J connectivity index is 1.95. The Kier molecular flexibility index (Phi) is 1.38. The van der Waals surface area contributed by atoms with Crippen LogP contribution in [0.3, 0.4) is 0 Å². The lowest BCUT2D eigenvalue weighted by molar-refractivity contribution is -0.133. The highest BCUT2D eigenvalue weighted by atomic mass is 16.5. The predicted octanol–water partition coefficient (Wildman–Crippen LogP) is 2.90. The van der Waals surface area contributed by atoms with Crippen LogP contribution < -0.4 is 0 Å². The summed E-state index contributed by atoms with van der Waals surface area (Å²) in [5.41, 5.74) is 4.32. The first kappa shape index (κ1) is 9.46. The second-order valence-electron chi connectivity index (χ2n) is 5.75. The number of hydrogen-bond acceptors (Lipinski definition) is 2. The van der Waals surface area contributed by atoms with Crippen LogP contribution in [0.2, 0.25) is 0 Å². The summed E-state index contributed by atoms with van der Waals surface area (Å²) >= 11 is 0. The zero-order chi connectivity index (χ0) is 11.9. The molecule has 0 amide bonds. The molecule has 0 spiro atoms. The quantitative estimate of drug-likeness (QED) is 0.594. The molecule has 0 saturated heterocycles. The molecular formula is C15H14O2. The van der Waals surface area contributed by atoms with Crippen molar-refractivity contribution in [2.45, 2.75) is 20.3 Å². The summed E-state index contributed by atoms with van der Waals surface area (Å²) in [5, 5.41) is 0. The number of fused-ring (bicyclic) bond motifs is 4. The molecule has 2 saturated carbocycles. The Morgan fingerprint density at radius 3 is 3.06 bits per heavy atom. The third kappa shape index (κ3) is 0.912. The summed E-state index contributed by atoms with van der Waals surface area (Å²) < 4.78 is 5.33. The van der Waals surface area contributed by atoms with Crippen molar-refractivity contribution in [3.8, 4) is 0 Å². The first-order chi connectivity index (χ1) is 8.02. The molecule has 0 radical (unpaired) electrons. The summed E-state index contributed by atoms with van der Waals surface area (Å²) in [6, 6.07) is 0. The number of ether oxygens (including phenoxy) is 1. The summed E-state index contributed by atoms with van der Waals surface area (Å²) in [6.45, 7) is 8.29. The molecule has 0 N–H and O–H groups in total. The molecule has 1 heterocycles. The molecule has 0 aromatic carbocycles. The first-order valence-corrected chi connectivity index (χ1v) is 6.10. The molecule has 0 aromatic rings. The number of rotatable bonds is 0. The smallest absolute Gasteiger partial charge is 0.339 e. The summed E-state index contributed by atoms with van der Waals surface area (Å²) in [6.07, 6.45) is 5.52. The molecule has 3 aliphatic carbocycles. The average Bonchev–Trinajstić information content (AvgIpc) is 2.99. The number of esters is 1. The SMILES string of the molecule is C=C1C2=CC3=C(C)C(=O)OC3=C[C@@]2(C)[C@@H]2C[C@H]12. The molecule has 2 heteroatoms. The van der Waals surface area contributed by atoms with Crippen LogP contribution in [0.4, 0.5) is 0 Å². The van der Waals surface area contributed by atoms with Gasteiger partial charge in [-0.15, -0.1) is 0 Å². The van der Waals surface area contributed by atoms with E-state index in [0.29, 0.717) is 11.8 Å². The average molecular weight is 226 g/mol. The van der Waals surface area contributed by atoms with Gasteiger partial charge in [-0.05, 0) is 48.5 Å². The van der Waals surface area contributed by atoms with E-state index < -0.39 is 0 Å². The second-order valence-corrected chi connectivity index (χ2v) is 5.75. The zero-order valence-electron chi connectivity index (χ0n) is 10.0. The highest BCUT2D eigenvalue weighted by Crippen LogP contribution is 2.69. The van der Waals surface area contributed by atoms with Crippen LogP contribution in [-0.4, -0.2) is 5.97 Å².